The van der Waals surface area contributed by atoms with Gasteiger partial charge in [-0.1, -0.05) is 35.2 Å². The Hall–Kier alpha value is -3.20. The molecule has 34 heavy (non-hydrogen) atoms. The van der Waals surface area contributed by atoms with Crippen LogP contribution in [0.4, 0.5) is 0 Å². The average Bonchev–Trinajstić information content (AvgIpc) is 2.84. The van der Waals surface area contributed by atoms with E-state index in [2.05, 4.69) is 21.0 Å². The van der Waals surface area contributed by atoms with E-state index in [4.69, 9.17) is 19.6 Å². The van der Waals surface area contributed by atoms with Crippen molar-refractivity contribution in [3.05, 3.63) is 62.6 Å². The molecule has 0 radical (unpaired) electrons. The van der Waals surface area contributed by atoms with Gasteiger partial charge in [-0.3, -0.25) is 4.79 Å². The van der Waals surface area contributed by atoms with E-state index in [0.717, 1.165) is 30.2 Å². The maximum absolute atomic E-state index is 13.4. The van der Waals surface area contributed by atoms with Gasteiger partial charge < -0.3 is 14.6 Å². The molecule has 4 rings (SSSR count). The van der Waals surface area contributed by atoms with Gasteiger partial charge in [-0.25, -0.2) is 9.78 Å². The number of hydrogen-bond acceptors (Lipinski definition) is 6. The SMILES string of the molecule is CCOc1cc(C=Nn2c(C3CCCCC3)nc3ccc(Br)cc3c2=O)ccc1OCC(=O)O. The fourth-order valence-corrected chi connectivity index (χ4v) is 4.52. The normalized spacial score (nSPS) is 14.5. The van der Waals surface area contributed by atoms with Gasteiger partial charge in [0.15, 0.2) is 18.1 Å². The molecule has 1 aliphatic carbocycles. The van der Waals surface area contributed by atoms with Crippen molar-refractivity contribution >= 4 is 39.0 Å². The van der Waals surface area contributed by atoms with E-state index in [1.54, 1.807) is 30.5 Å². The van der Waals surface area contributed by atoms with Crippen molar-refractivity contribution in [2.75, 3.05) is 13.2 Å². The molecule has 0 amide bonds. The van der Waals surface area contributed by atoms with E-state index in [1.165, 1.54) is 11.1 Å². The number of benzene rings is 2. The van der Waals surface area contributed by atoms with Crippen LogP contribution in [0.15, 0.2) is 50.8 Å². The molecule has 0 atom stereocenters. The van der Waals surface area contributed by atoms with E-state index >= 15 is 0 Å². The Kier molecular flexibility index (Phi) is 7.62. The standard InChI is InChI=1S/C25H26BrN3O5/c1-2-33-22-12-16(8-11-21(22)34-15-23(30)31)14-27-29-24(17-6-4-3-5-7-17)28-20-10-9-18(26)13-19(20)25(29)32/h8-14,17H,2-7,15H2,1H3,(H,30,31). The summed E-state index contributed by atoms with van der Waals surface area (Å²) in [7, 11) is 0. The van der Waals surface area contributed by atoms with Crippen molar-refractivity contribution in [1.82, 2.24) is 9.66 Å². The number of halogens is 1. The van der Waals surface area contributed by atoms with Crippen LogP contribution in [0.3, 0.4) is 0 Å². The number of aliphatic carboxylic acids is 1. The number of fused-ring (bicyclic) bond motifs is 1. The minimum absolute atomic E-state index is 0.178. The molecule has 1 aliphatic rings. The van der Waals surface area contributed by atoms with Crippen LogP contribution in [0.5, 0.6) is 11.5 Å². The molecule has 1 saturated carbocycles. The first-order valence-electron chi connectivity index (χ1n) is 11.3. The summed E-state index contributed by atoms with van der Waals surface area (Å²) in [6.07, 6.45) is 6.96. The van der Waals surface area contributed by atoms with Crippen molar-refractivity contribution in [2.24, 2.45) is 5.10 Å². The summed E-state index contributed by atoms with van der Waals surface area (Å²) in [5.74, 6) is 0.532. The molecule has 2 aromatic carbocycles. The Morgan fingerprint density at radius 1 is 1.18 bits per heavy atom. The Balaban J connectivity index is 1.74. The van der Waals surface area contributed by atoms with Crippen molar-refractivity contribution < 1.29 is 19.4 Å². The maximum Gasteiger partial charge on any atom is 0.341 e. The summed E-state index contributed by atoms with van der Waals surface area (Å²) in [5, 5.41) is 13.9. The van der Waals surface area contributed by atoms with Crippen LogP contribution >= 0.6 is 15.9 Å². The molecule has 0 spiro atoms. The first kappa shape index (κ1) is 23.9. The Labute approximate surface area is 205 Å². The van der Waals surface area contributed by atoms with Gasteiger partial charge in [0.05, 0.1) is 23.7 Å². The molecule has 1 N–H and O–H groups in total. The zero-order valence-corrected chi connectivity index (χ0v) is 20.5. The smallest absolute Gasteiger partial charge is 0.341 e. The third-order valence-corrected chi connectivity index (χ3v) is 6.24. The minimum atomic E-state index is -1.07. The number of ether oxygens (including phenoxy) is 2. The summed E-state index contributed by atoms with van der Waals surface area (Å²) >= 11 is 3.44. The highest BCUT2D eigenvalue weighted by molar-refractivity contribution is 9.10. The van der Waals surface area contributed by atoms with Gasteiger partial charge in [-0.15, -0.1) is 0 Å². The molecule has 3 aromatic rings. The van der Waals surface area contributed by atoms with E-state index in [1.807, 2.05) is 19.1 Å². The molecule has 9 heteroatoms. The van der Waals surface area contributed by atoms with Gasteiger partial charge in [-0.05, 0) is 61.7 Å². The van der Waals surface area contributed by atoms with Gasteiger partial charge in [0.25, 0.3) is 5.56 Å². The molecule has 1 aromatic heterocycles. The Bertz CT molecular complexity index is 1280. The van der Waals surface area contributed by atoms with Crippen LogP contribution < -0.4 is 15.0 Å². The number of aromatic nitrogens is 2. The zero-order valence-electron chi connectivity index (χ0n) is 18.9. The second-order valence-electron chi connectivity index (χ2n) is 8.15. The predicted molar refractivity (Wildman–Crippen MR) is 133 cm³/mol. The van der Waals surface area contributed by atoms with Crippen LogP contribution in [0.2, 0.25) is 0 Å². The van der Waals surface area contributed by atoms with E-state index in [-0.39, 0.29) is 11.5 Å². The summed E-state index contributed by atoms with van der Waals surface area (Å²) < 4.78 is 13.1. The molecular weight excluding hydrogens is 502 g/mol. The van der Waals surface area contributed by atoms with Gasteiger partial charge in [0, 0.05) is 10.4 Å². The van der Waals surface area contributed by atoms with Crippen molar-refractivity contribution in [1.29, 1.82) is 0 Å². The molecule has 8 nitrogen and oxygen atoms in total. The molecule has 0 bridgehead atoms. The topological polar surface area (TPSA) is 103 Å². The first-order valence-corrected chi connectivity index (χ1v) is 12.1. The van der Waals surface area contributed by atoms with Crippen molar-refractivity contribution in [3.63, 3.8) is 0 Å². The second kappa shape index (κ2) is 10.8. The fraction of sp³-hybridized carbons (Fsp3) is 0.360. The molecular formula is C25H26BrN3O5. The first-order chi connectivity index (χ1) is 16.5. The number of carbonyl (C=O) groups is 1. The quantitative estimate of drug-likeness (QED) is 0.415. The van der Waals surface area contributed by atoms with Crippen LogP contribution in [0, 0.1) is 0 Å². The van der Waals surface area contributed by atoms with Gasteiger partial charge in [0.1, 0.15) is 5.82 Å². The third-order valence-electron chi connectivity index (χ3n) is 5.74. The predicted octanol–water partition coefficient (Wildman–Crippen LogP) is 4.95. The number of carboxylic acid groups (broad SMARTS) is 1. The molecule has 1 fully saturated rings. The largest absolute Gasteiger partial charge is 0.490 e. The van der Waals surface area contributed by atoms with E-state index in [9.17, 15) is 9.59 Å². The molecule has 178 valence electrons. The van der Waals surface area contributed by atoms with Crippen molar-refractivity contribution in [3.8, 4) is 11.5 Å². The second-order valence-corrected chi connectivity index (χ2v) is 9.07. The number of hydrogen-bond donors (Lipinski definition) is 1. The number of nitrogens with zero attached hydrogens (tertiary/aromatic N) is 3. The number of carboxylic acids is 1. The van der Waals surface area contributed by atoms with E-state index in [0.29, 0.717) is 40.4 Å². The summed E-state index contributed by atoms with van der Waals surface area (Å²) in [6, 6.07) is 10.6. The average molecular weight is 528 g/mol. The number of rotatable bonds is 8. The highest BCUT2D eigenvalue weighted by Crippen LogP contribution is 2.32. The molecule has 0 aliphatic heterocycles. The minimum Gasteiger partial charge on any atom is -0.490 e. The third kappa shape index (κ3) is 5.47. The monoisotopic (exact) mass is 527 g/mol. The zero-order chi connectivity index (χ0) is 24.1. The summed E-state index contributed by atoms with van der Waals surface area (Å²) in [4.78, 5) is 29.1. The lowest BCUT2D eigenvalue weighted by Gasteiger charge is -2.22. The van der Waals surface area contributed by atoms with Gasteiger partial charge in [0.2, 0.25) is 0 Å². The van der Waals surface area contributed by atoms with Crippen LogP contribution in [0.1, 0.15) is 56.3 Å². The van der Waals surface area contributed by atoms with Gasteiger partial charge >= 0.3 is 5.97 Å². The lowest BCUT2D eigenvalue weighted by molar-refractivity contribution is -0.139. The van der Waals surface area contributed by atoms with Crippen LogP contribution in [-0.2, 0) is 4.79 Å². The van der Waals surface area contributed by atoms with Crippen LogP contribution in [0.25, 0.3) is 10.9 Å². The summed E-state index contributed by atoms with van der Waals surface area (Å²) in [6.45, 7) is 1.75. The Morgan fingerprint density at radius 3 is 2.71 bits per heavy atom. The lowest BCUT2D eigenvalue weighted by Crippen LogP contribution is -2.25. The van der Waals surface area contributed by atoms with Crippen molar-refractivity contribution in [2.45, 2.75) is 44.9 Å². The van der Waals surface area contributed by atoms with E-state index < -0.39 is 12.6 Å². The van der Waals surface area contributed by atoms with Crippen LogP contribution in [-0.4, -0.2) is 40.2 Å². The highest BCUT2D eigenvalue weighted by atomic mass is 79.9. The summed E-state index contributed by atoms with van der Waals surface area (Å²) in [5.41, 5.74) is 1.13. The lowest BCUT2D eigenvalue weighted by atomic mass is 9.88. The molecule has 1 heterocycles. The Morgan fingerprint density at radius 2 is 1.97 bits per heavy atom. The maximum atomic E-state index is 13.4. The molecule has 0 saturated heterocycles. The highest BCUT2D eigenvalue weighted by Gasteiger charge is 2.22. The van der Waals surface area contributed by atoms with Gasteiger partial charge in [-0.2, -0.15) is 9.78 Å². The molecule has 0 unspecified atom stereocenters. The fourth-order valence-electron chi connectivity index (χ4n) is 4.16.